The number of hydrogen-bond donors (Lipinski definition) is 0. The van der Waals surface area contributed by atoms with Crippen LogP contribution in [0.2, 0.25) is 0 Å². The minimum absolute atomic E-state index is 0.572. The normalized spacial score (nSPS) is 11.6. The summed E-state index contributed by atoms with van der Waals surface area (Å²) in [5, 5.41) is 26.9. The molecule has 0 atom stereocenters. The van der Waals surface area contributed by atoms with Crippen molar-refractivity contribution in [2.45, 2.75) is 0 Å². The van der Waals surface area contributed by atoms with Gasteiger partial charge in [-0.3, -0.25) is 0 Å². The van der Waals surface area contributed by atoms with E-state index in [2.05, 4.69) is 159 Å². The van der Waals surface area contributed by atoms with Crippen LogP contribution in [0.25, 0.3) is 93.6 Å². The first kappa shape index (κ1) is 30.7. The smallest absolute Gasteiger partial charge is 0.0992 e. The Hall–Kier alpha value is -7.86. The second-order valence-electron chi connectivity index (χ2n) is 14.0. The second kappa shape index (κ2) is 11.8. The van der Waals surface area contributed by atoms with Gasteiger partial charge in [-0.05, 0) is 90.0 Å². The van der Waals surface area contributed by atoms with E-state index in [1.165, 1.54) is 21.5 Å². The summed E-state index contributed by atoms with van der Waals surface area (Å²) in [7, 11) is 0. The molecule has 254 valence electrons. The van der Waals surface area contributed by atoms with Crippen LogP contribution < -0.4 is 0 Å². The Bertz CT molecular complexity index is 3420. The number of hydrogen-bond acceptors (Lipinski definition) is 2. The third-order valence-electron chi connectivity index (χ3n) is 11.0. The average molecular weight is 700 g/mol. The molecule has 5 heteroatoms. The maximum Gasteiger partial charge on any atom is 0.0992 e. The number of nitriles is 2. The topological polar surface area (TPSA) is 62.4 Å². The molecule has 0 spiro atoms. The summed E-state index contributed by atoms with van der Waals surface area (Å²) >= 11 is 0. The van der Waals surface area contributed by atoms with Crippen molar-refractivity contribution in [2.24, 2.45) is 0 Å². The largest absolute Gasteiger partial charge is 0.309 e. The predicted molar refractivity (Wildman–Crippen MR) is 224 cm³/mol. The average Bonchev–Trinajstić information content (AvgIpc) is 3.89. The standard InChI is InChI=1S/C50H29N5/c51-30-32-23-24-48-43(27-32)41-16-4-5-18-44(41)53(48)37-26-33(31-52)25-35(29-37)34-11-9-12-36(28-34)54-45-19-6-3-15-40(45)42-17-10-22-49(50(42)54)55-46-20-7-1-13-38(46)39-14-2-8-21-47(39)55/h1-29H. The van der Waals surface area contributed by atoms with Crippen LogP contribution in [0.4, 0.5) is 0 Å². The lowest BCUT2D eigenvalue weighted by atomic mass is 10.0. The van der Waals surface area contributed by atoms with E-state index < -0.39 is 0 Å². The third-order valence-corrected chi connectivity index (χ3v) is 11.0. The fourth-order valence-corrected chi connectivity index (χ4v) is 8.75. The van der Waals surface area contributed by atoms with Crippen molar-refractivity contribution >= 4 is 65.4 Å². The van der Waals surface area contributed by atoms with Crippen molar-refractivity contribution in [3.8, 4) is 40.3 Å². The van der Waals surface area contributed by atoms with Crippen LogP contribution in [-0.2, 0) is 0 Å². The van der Waals surface area contributed by atoms with Crippen molar-refractivity contribution in [3.63, 3.8) is 0 Å². The highest BCUT2D eigenvalue weighted by Crippen LogP contribution is 2.40. The highest BCUT2D eigenvalue weighted by Gasteiger charge is 2.20. The maximum atomic E-state index is 10.3. The quantitative estimate of drug-likeness (QED) is 0.184. The van der Waals surface area contributed by atoms with E-state index in [9.17, 15) is 10.5 Å². The summed E-state index contributed by atoms with van der Waals surface area (Å²) in [6.07, 6.45) is 0. The van der Waals surface area contributed by atoms with Gasteiger partial charge in [-0.1, -0.05) is 97.1 Å². The molecular weight excluding hydrogens is 671 g/mol. The molecule has 11 rings (SSSR count). The molecule has 0 bridgehead atoms. The van der Waals surface area contributed by atoms with Crippen LogP contribution in [0, 0.1) is 22.7 Å². The van der Waals surface area contributed by atoms with E-state index >= 15 is 0 Å². The van der Waals surface area contributed by atoms with Crippen molar-refractivity contribution in [3.05, 3.63) is 187 Å². The van der Waals surface area contributed by atoms with Gasteiger partial charge in [0, 0.05) is 43.7 Å². The highest BCUT2D eigenvalue weighted by molar-refractivity contribution is 6.15. The molecule has 0 N–H and O–H groups in total. The zero-order chi connectivity index (χ0) is 36.6. The van der Waals surface area contributed by atoms with E-state index in [1.54, 1.807) is 0 Å². The highest BCUT2D eigenvalue weighted by atomic mass is 15.1. The summed E-state index contributed by atoms with van der Waals surface area (Å²) in [5.41, 5.74) is 12.7. The number of rotatable bonds is 4. The van der Waals surface area contributed by atoms with Gasteiger partial charge in [0.05, 0.1) is 62.1 Å². The molecule has 8 aromatic carbocycles. The van der Waals surface area contributed by atoms with Crippen LogP contribution >= 0.6 is 0 Å². The molecule has 0 unspecified atom stereocenters. The van der Waals surface area contributed by atoms with Crippen LogP contribution in [-0.4, -0.2) is 13.7 Å². The van der Waals surface area contributed by atoms with Gasteiger partial charge in [0.2, 0.25) is 0 Å². The van der Waals surface area contributed by atoms with E-state index in [0.717, 1.165) is 72.1 Å². The van der Waals surface area contributed by atoms with Gasteiger partial charge in [0.1, 0.15) is 0 Å². The van der Waals surface area contributed by atoms with Gasteiger partial charge in [0.15, 0.2) is 0 Å². The van der Waals surface area contributed by atoms with Crippen LogP contribution in [0.1, 0.15) is 11.1 Å². The van der Waals surface area contributed by atoms with Crippen molar-refractivity contribution in [1.82, 2.24) is 13.7 Å². The molecule has 0 radical (unpaired) electrons. The fraction of sp³-hybridized carbons (Fsp3) is 0. The van der Waals surface area contributed by atoms with Gasteiger partial charge < -0.3 is 13.7 Å². The summed E-state index contributed by atoms with van der Waals surface area (Å²) in [4.78, 5) is 0. The molecule has 11 aromatic rings. The molecule has 0 aliphatic heterocycles. The molecule has 0 amide bonds. The Morgan fingerprint density at radius 3 is 1.53 bits per heavy atom. The lowest BCUT2D eigenvalue weighted by Gasteiger charge is -2.16. The molecule has 3 aromatic heterocycles. The van der Waals surface area contributed by atoms with Gasteiger partial charge in [0.25, 0.3) is 0 Å². The second-order valence-corrected chi connectivity index (χ2v) is 14.0. The first-order valence-corrected chi connectivity index (χ1v) is 18.3. The van der Waals surface area contributed by atoms with E-state index in [0.29, 0.717) is 11.1 Å². The third kappa shape index (κ3) is 4.51. The van der Waals surface area contributed by atoms with Crippen molar-refractivity contribution < 1.29 is 0 Å². The SMILES string of the molecule is N#Cc1cc(-c2cccc(-n3c4ccccc4c4cccc(-n5c6ccccc6c6ccccc65)c43)c2)cc(-n2c3ccccc3c3cc(C#N)ccc32)c1. The molecule has 5 nitrogen and oxygen atoms in total. The number of nitrogens with zero attached hydrogens (tertiary/aromatic N) is 5. The maximum absolute atomic E-state index is 10.3. The van der Waals surface area contributed by atoms with Gasteiger partial charge in [-0.2, -0.15) is 10.5 Å². The first-order chi connectivity index (χ1) is 27.2. The van der Waals surface area contributed by atoms with Gasteiger partial charge >= 0.3 is 0 Å². The molecule has 0 saturated heterocycles. The van der Waals surface area contributed by atoms with Gasteiger partial charge in [-0.15, -0.1) is 0 Å². The number of aromatic nitrogens is 3. The van der Waals surface area contributed by atoms with E-state index in [1.807, 2.05) is 42.5 Å². The molecule has 3 heterocycles. The lowest BCUT2D eigenvalue weighted by molar-refractivity contribution is 1.13. The van der Waals surface area contributed by atoms with E-state index in [-0.39, 0.29) is 0 Å². The Kier molecular flexibility index (Phi) is 6.61. The monoisotopic (exact) mass is 699 g/mol. The Morgan fingerprint density at radius 2 is 0.855 bits per heavy atom. The summed E-state index contributed by atoms with van der Waals surface area (Å²) in [6.45, 7) is 0. The van der Waals surface area contributed by atoms with Gasteiger partial charge in [-0.25, -0.2) is 0 Å². The summed E-state index contributed by atoms with van der Waals surface area (Å²) < 4.78 is 6.99. The fourth-order valence-electron chi connectivity index (χ4n) is 8.75. The molecule has 0 aliphatic carbocycles. The van der Waals surface area contributed by atoms with E-state index in [4.69, 9.17) is 0 Å². The number of fused-ring (bicyclic) bond motifs is 9. The van der Waals surface area contributed by atoms with Crippen LogP contribution in [0.3, 0.4) is 0 Å². The number of para-hydroxylation sites is 5. The zero-order valence-corrected chi connectivity index (χ0v) is 29.5. The Balaban J connectivity index is 1.16. The minimum Gasteiger partial charge on any atom is -0.309 e. The Morgan fingerprint density at radius 1 is 0.327 bits per heavy atom. The first-order valence-electron chi connectivity index (χ1n) is 18.3. The summed E-state index contributed by atoms with van der Waals surface area (Å²) in [5.74, 6) is 0. The van der Waals surface area contributed by atoms with Crippen LogP contribution in [0.5, 0.6) is 0 Å². The molecule has 55 heavy (non-hydrogen) atoms. The Labute approximate surface area is 316 Å². The molecular formula is C50H29N5. The zero-order valence-electron chi connectivity index (χ0n) is 29.5. The van der Waals surface area contributed by atoms with Crippen molar-refractivity contribution in [1.29, 1.82) is 10.5 Å². The summed E-state index contributed by atoms with van der Waals surface area (Å²) in [6, 6.07) is 66.0. The van der Waals surface area contributed by atoms with Crippen LogP contribution in [0.15, 0.2) is 176 Å². The minimum atomic E-state index is 0.572. The molecule has 0 aliphatic rings. The number of benzene rings is 8. The lowest BCUT2D eigenvalue weighted by Crippen LogP contribution is -2.01. The predicted octanol–water partition coefficient (Wildman–Crippen LogP) is 12.4. The van der Waals surface area contributed by atoms with Crippen molar-refractivity contribution in [2.75, 3.05) is 0 Å². The molecule has 0 fully saturated rings. The molecule has 0 saturated carbocycles.